The van der Waals surface area contributed by atoms with Crippen molar-refractivity contribution in [1.29, 1.82) is 0 Å². The molecular formula is C27H37N5. The van der Waals surface area contributed by atoms with Crippen molar-refractivity contribution in [3.63, 3.8) is 0 Å². The summed E-state index contributed by atoms with van der Waals surface area (Å²) in [5, 5.41) is 3.45. The van der Waals surface area contributed by atoms with Gasteiger partial charge in [-0.15, -0.1) is 0 Å². The molecule has 0 aliphatic carbocycles. The lowest BCUT2D eigenvalue weighted by Gasteiger charge is -2.29. The minimum absolute atomic E-state index is 0.548. The van der Waals surface area contributed by atoms with Crippen molar-refractivity contribution in [3.8, 4) is 0 Å². The van der Waals surface area contributed by atoms with Crippen LogP contribution < -0.4 is 5.32 Å². The highest BCUT2D eigenvalue weighted by molar-refractivity contribution is 5.36. The molecule has 0 bridgehead atoms. The van der Waals surface area contributed by atoms with Gasteiger partial charge in [-0.3, -0.25) is 9.98 Å². The molecule has 0 unspecified atom stereocenters. The van der Waals surface area contributed by atoms with E-state index in [1.165, 1.54) is 0 Å². The Bertz CT molecular complexity index is 890. The second kappa shape index (κ2) is 14.4. The molecule has 1 heterocycles. The van der Waals surface area contributed by atoms with Crippen molar-refractivity contribution in [2.75, 3.05) is 26.8 Å². The van der Waals surface area contributed by atoms with E-state index in [9.17, 15) is 0 Å². The molecule has 0 saturated heterocycles. The van der Waals surface area contributed by atoms with Crippen LogP contribution in [-0.4, -0.2) is 48.3 Å². The molecule has 1 aromatic rings. The van der Waals surface area contributed by atoms with E-state index in [1.54, 1.807) is 12.3 Å². The van der Waals surface area contributed by atoms with E-state index in [-0.39, 0.29) is 0 Å². The van der Waals surface area contributed by atoms with Crippen LogP contribution in [0.3, 0.4) is 0 Å². The van der Waals surface area contributed by atoms with Gasteiger partial charge in [0, 0.05) is 50.3 Å². The molecule has 0 amide bonds. The summed E-state index contributed by atoms with van der Waals surface area (Å²) in [7, 11) is 2.04. The summed E-state index contributed by atoms with van der Waals surface area (Å²) >= 11 is 0. The third-order valence-electron chi connectivity index (χ3n) is 4.78. The first kappa shape index (κ1) is 26.4. The molecule has 0 spiro atoms. The lowest BCUT2D eigenvalue weighted by molar-refractivity contribution is 0.337. The number of aromatic nitrogens is 1. The molecule has 1 aromatic heterocycles. The number of hydrogen-bond acceptors (Lipinski definition) is 5. The Morgan fingerprint density at radius 2 is 1.97 bits per heavy atom. The standard InChI is InChI=1S/C27H37N5/c1-9-25(20-28-7)15-14-23(5)32(18-16-26-13-11-12-17-29-26)21-30-24(6)27(19-22(3)4)31(8)10-2/h9,11-15,17,19-20,30H,1,3,5-7,10,16,18,21H2,2,4,8H3/b15-14-,25-20-,27-19-. The van der Waals surface area contributed by atoms with E-state index >= 15 is 0 Å². The number of nitrogens with zero attached hydrogens (tertiary/aromatic N) is 4. The van der Waals surface area contributed by atoms with Crippen LogP contribution in [0.15, 0.2) is 114 Å². The summed E-state index contributed by atoms with van der Waals surface area (Å²) in [4.78, 5) is 12.5. The Kier molecular flexibility index (Phi) is 11.9. The topological polar surface area (TPSA) is 43.8 Å². The molecule has 0 radical (unpaired) electrons. The van der Waals surface area contributed by atoms with Crippen molar-refractivity contribution in [3.05, 3.63) is 115 Å². The van der Waals surface area contributed by atoms with Crippen LogP contribution in [0.4, 0.5) is 0 Å². The normalized spacial score (nSPS) is 11.7. The number of nitrogens with one attached hydrogen (secondary N) is 1. The quantitative estimate of drug-likeness (QED) is 0.234. The van der Waals surface area contributed by atoms with Gasteiger partial charge in [0.1, 0.15) is 0 Å². The number of aliphatic imine (C=N–C) groups is 1. The van der Waals surface area contributed by atoms with Gasteiger partial charge in [0.15, 0.2) is 0 Å². The van der Waals surface area contributed by atoms with Crippen LogP contribution in [0.25, 0.3) is 0 Å². The van der Waals surface area contributed by atoms with Gasteiger partial charge in [-0.25, -0.2) is 0 Å². The maximum atomic E-state index is 4.43. The fourth-order valence-corrected chi connectivity index (χ4v) is 2.80. The van der Waals surface area contributed by atoms with Gasteiger partial charge < -0.3 is 15.1 Å². The predicted octanol–water partition coefficient (Wildman–Crippen LogP) is 5.24. The zero-order valence-electron chi connectivity index (χ0n) is 19.8. The second-order valence-corrected chi connectivity index (χ2v) is 7.38. The number of likely N-dealkylation sites (N-methyl/N-ethyl adjacent to an activating group) is 1. The Morgan fingerprint density at radius 3 is 2.53 bits per heavy atom. The monoisotopic (exact) mass is 431 g/mol. The first-order valence-electron chi connectivity index (χ1n) is 10.6. The van der Waals surface area contributed by atoms with Crippen LogP contribution in [0, 0.1) is 0 Å². The van der Waals surface area contributed by atoms with Gasteiger partial charge in [-0.1, -0.05) is 50.1 Å². The number of allylic oxidation sites excluding steroid dienone is 6. The summed E-state index contributed by atoms with van der Waals surface area (Å²) in [6.45, 7) is 26.1. The van der Waals surface area contributed by atoms with Gasteiger partial charge in [-0.2, -0.15) is 0 Å². The summed E-state index contributed by atoms with van der Waals surface area (Å²) in [6, 6.07) is 5.95. The van der Waals surface area contributed by atoms with Crippen LogP contribution in [0.2, 0.25) is 0 Å². The van der Waals surface area contributed by atoms with Gasteiger partial charge in [-0.05, 0) is 50.4 Å². The van der Waals surface area contributed by atoms with Gasteiger partial charge in [0.2, 0.25) is 0 Å². The summed E-state index contributed by atoms with van der Waals surface area (Å²) < 4.78 is 0. The first-order valence-corrected chi connectivity index (χ1v) is 10.6. The Balaban J connectivity index is 2.99. The summed E-state index contributed by atoms with van der Waals surface area (Å²) in [6.07, 6.45) is 11.9. The predicted molar refractivity (Wildman–Crippen MR) is 139 cm³/mol. The van der Waals surface area contributed by atoms with Crippen LogP contribution in [-0.2, 0) is 6.42 Å². The van der Waals surface area contributed by atoms with E-state index in [4.69, 9.17) is 0 Å². The smallest absolute Gasteiger partial charge is 0.0876 e. The third kappa shape index (κ3) is 9.47. The lowest BCUT2D eigenvalue weighted by Crippen LogP contribution is -2.36. The molecule has 5 heteroatoms. The highest BCUT2D eigenvalue weighted by atomic mass is 15.2. The molecule has 0 fully saturated rings. The van der Waals surface area contributed by atoms with E-state index in [1.807, 2.05) is 56.6 Å². The average Bonchev–Trinajstić information content (AvgIpc) is 2.79. The van der Waals surface area contributed by atoms with Crippen molar-refractivity contribution in [2.45, 2.75) is 20.3 Å². The van der Waals surface area contributed by atoms with Gasteiger partial charge in [0.05, 0.1) is 18.1 Å². The van der Waals surface area contributed by atoms with Gasteiger partial charge in [0.25, 0.3) is 0 Å². The molecule has 0 atom stereocenters. The number of pyridine rings is 1. The van der Waals surface area contributed by atoms with Crippen molar-refractivity contribution >= 4 is 6.72 Å². The van der Waals surface area contributed by atoms with Crippen LogP contribution in [0.5, 0.6) is 0 Å². The van der Waals surface area contributed by atoms with Crippen molar-refractivity contribution in [1.82, 2.24) is 20.1 Å². The van der Waals surface area contributed by atoms with E-state index in [0.29, 0.717) is 6.67 Å². The summed E-state index contributed by atoms with van der Waals surface area (Å²) in [5.74, 6) is 0. The Labute approximate surface area is 194 Å². The maximum Gasteiger partial charge on any atom is 0.0876 e. The Morgan fingerprint density at radius 1 is 1.22 bits per heavy atom. The Hall–Kier alpha value is -3.60. The van der Waals surface area contributed by atoms with E-state index < -0.39 is 0 Å². The van der Waals surface area contributed by atoms with E-state index in [2.05, 4.69) is 65.0 Å². The SMILES string of the molecule is C=CC(/C=C\C(=C)N(CCc1ccccn1)CNC(=C)/C(=C/C(=C)C)N(C)CC)=C/N=C. The average molecular weight is 432 g/mol. The summed E-state index contributed by atoms with van der Waals surface area (Å²) in [5.41, 5.74) is 5.57. The second-order valence-electron chi connectivity index (χ2n) is 7.38. The van der Waals surface area contributed by atoms with Crippen molar-refractivity contribution < 1.29 is 0 Å². The molecule has 1 N–H and O–H groups in total. The number of hydrogen-bond donors (Lipinski definition) is 1. The zero-order chi connectivity index (χ0) is 23.9. The van der Waals surface area contributed by atoms with Crippen LogP contribution >= 0.6 is 0 Å². The molecule has 0 aliphatic heterocycles. The number of rotatable bonds is 15. The third-order valence-corrected chi connectivity index (χ3v) is 4.78. The molecule has 1 rings (SSSR count). The largest absolute Gasteiger partial charge is 0.373 e. The van der Waals surface area contributed by atoms with Crippen LogP contribution in [0.1, 0.15) is 19.5 Å². The fourth-order valence-electron chi connectivity index (χ4n) is 2.80. The molecule has 0 saturated carbocycles. The molecule has 32 heavy (non-hydrogen) atoms. The maximum absolute atomic E-state index is 4.43. The minimum Gasteiger partial charge on any atom is -0.373 e. The van der Waals surface area contributed by atoms with Gasteiger partial charge >= 0.3 is 0 Å². The first-order chi connectivity index (χ1) is 15.3. The fraction of sp³-hybridized carbons (Fsp3) is 0.259. The van der Waals surface area contributed by atoms with E-state index in [0.717, 1.165) is 53.4 Å². The minimum atomic E-state index is 0.548. The molecule has 0 aliphatic rings. The molecular weight excluding hydrogens is 394 g/mol. The van der Waals surface area contributed by atoms with Crippen molar-refractivity contribution in [2.24, 2.45) is 4.99 Å². The highest BCUT2D eigenvalue weighted by Crippen LogP contribution is 2.14. The molecule has 0 aromatic carbocycles. The lowest BCUT2D eigenvalue weighted by atomic mass is 10.2. The molecule has 5 nitrogen and oxygen atoms in total. The molecule has 170 valence electrons. The highest BCUT2D eigenvalue weighted by Gasteiger charge is 2.11. The zero-order valence-corrected chi connectivity index (χ0v) is 19.8.